The third-order valence-electron chi connectivity index (χ3n) is 3.98. The van der Waals surface area contributed by atoms with Gasteiger partial charge in [0.05, 0.1) is 27.3 Å². The van der Waals surface area contributed by atoms with Gasteiger partial charge < -0.3 is 4.74 Å². The number of fused-ring (bicyclic) bond motifs is 1. The molecule has 1 unspecified atom stereocenters. The van der Waals surface area contributed by atoms with Crippen LogP contribution >= 0.6 is 11.3 Å². The topological polar surface area (TPSA) is 39.2 Å². The molecule has 0 bridgehead atoms. The second kappa shape index (κ2) is 4.37. The van der Waals surface area contributed by atoms with Gasteiger partial charge in [0, 0.05) is 11.8 Å². The van der Waals surface area contributed by atoms with Gasteiger partial charge in [-0.1, -0.05) is 0 Å². The van der Waals surface area contributed by atoms with E-state index in [1.807, 2.05) is 45.2 Å². The fourth-order valence-electron chi connectivity index (χ4n) is 3.15. The lowest BCUT2D eigenvalue weighted by Gasteiger charge is -2.26. The van der Waals surface area contributed by atoms with Gasteiger partial charge in [0.25, 0.3) is 0 Å². The van der Waals surface area contributed by atoms with Crippen LogP contribution in [0.2, 0.25) is 0 Å². The smallest absolute Gasteiger partial charge is 0.170 e. The van der Waals surface area contributed by atoms with Gasteiger partial charge in [-0.25, -0.2) is 0 Å². The van der Waals surface area contributed by atoms with Gasteiger partial charge in [0.15, 0.2) is 5.78 Å². The minimum absolute atomic E-state index is 0.114. The number of rotatable bonds is 2. The monoisotopic (exact) mass is 289 g/mol. The summed E-state index contributed by atoms with van der Waals surface area (Å²) in [4.78, 5) is 17.2. The highest BCUT2D eigenvalue weighted by Gasteiger charge is 2.49. The summed E-state index contributed by atoms with van der Waals surface area (Å²) in [7, 11) is 0. The van der Waals surface area contributed by atoms with Crippen LogP contribution in [-0.4, -0.2) is 22.0 Å². The number of aromatic nitrogens is 1. The lowest BCUT2D eigenvalue weighted by atomic mass is 9.82. The van der Waals surface area contributed by atoms with Crippen molar-refractivity contribution in [1.82, 2.24) is 4.98 Å². The molecule has 1 aliphatic rings. The average molecular weight is 289 g/mol. The van der Waals surface area contributed by atoms with Crippen LogP contribution in [0.4, 0.5) is 0 Å². The average Bonchev–Trinajstić information content (AvgIpc) is 2.88. The molecule has 0 N–H and O–H groups in total. The maximum atomic E-state index is 12.8. The number of ketones is 1. The molecule has 0 amide bonds. The zero-order valence-electron chi connectivity index (χ0n) is 12.3. The Balaban J connectivity index is 1.95. The van der Waals surface area contributed by atoms with E-state index in [1.54, 1.807) is 17.5 Å². The van der Waals surface area contributed by atoms with E-state index < -0.39 is 5.60 Å². The summed E-state index contributed by atoms with van der Waals surface area (Å²) in [6.07, 6.45) is 2.44. The molecule has 3 heterocycles. The van der Waals surface area contributed by atoms with Crippen LogP contribution in [0.5, 0.6) is 0 Å². The maximum Gasteiger partial charge on any atom is 0.170 e. The Hall–Kier alpha value is -1.26. The number of ether oxygens (including phenoxy) is 1. The first-order valence-electron chi connectivity index (χ1n) is 6.86. The first kappa shape index (κ1) is 13.7. The van der Waals surface area contributed by atoms with E-state index in [-0.39, 0.29) is 17.3 Å². The molecule has 0 saturated carbocycles. The van der Waals surface area contributed by atoms with Crippen molar-refractivity contribution in [1.29, 1.82) is 0 Å². The molecule has 20 heavy (non-hydrogen) atoms. The summed E-state index contributed by atoms with van der Waals surface area (Å²) < 4.78 is 7.09. The number of hydrogen-bond donors (Lipinski definition) is 0. The Kier molecular flexibility index (Phi) is 2.99. The SMILES string of the molecule is CC1(C)CC(C(=O)c2cnc3ccsc3c2)C(C)(C)O1. The molecule has 0 aromatic carbocycles. The van der Waals surface area contributed by atoms with Gasteiger partial charge in [0.1, 0.15) is 0 Å². The Labute approximate surface area is 123 Å². The number of thiophene rings is 1. The molecule has 2 aromatic heterocycles. The first-order valence-corrected chi connectivity index (χ1v) is 7.74. The summed E-state index contributed by atoms with van der Waals surface area (Å²) in [5.74, 6) is 0.0279. The fraction of sp³-hybridized carbons (Fsp3) is 0.500. The molecule has 3 rings (SSSR count). The zero-order valence-corrected chi connectivity index (χ0v) is 13.1. The number of carbonyl (C=O) groups is 1. The highest BCUT2D eigenvalue weighted by Crippen LogP contribution is 2.43. The van der Waals surface area contributed by atoms with E-state index in [4.69, 9.17) is 4.74 Å². The molecule has 1 saturated heterocycles. The quantitative estimate of drug-likeness (QED) is 0.782. The van der Waals surface area contributed by atoms with Crippen LogP contribution in [-0.2, 0) is 4.74 Å². The third kappa shape index (κ3) is 2.27. The molecule has 1 atom stereocenters. The normalized spacial score (nSPS) is 24.1. The fourth-order valence-corrected chi connectivity index (χ4v) is 3.93. The van der Waals surface area contributed by atoms with Gasteiger partial charge in [-0.05, 0) is 51.6 Å². The zero-order chi connectivity index (χ0) is 14.5. The van der Waals surface area contributed by atoms with E-state index in [0.717, 1.165) is 16.6 Å². The highest BCUT2D eigenvalue weighted by atomic mass is 32.1. The van der Waals surface area contributed by atoms with Crippen LogP contribution in [0.25, 0.3) is 10.2 Å². The van der Waals surface area contributed by atoms with E-state index in [1.165, 1.54) is 0 Å². The molecule has 0 aliphatic carbocycles. The van der Waals surface area contributed by atoms with Crippen LogP contribution < -0.4 is 0 Å². The standard InChI is InChI=1S/C16H19NO2S/c1-15(2)8-11(16(3,4)19-15)14(18)10-7-13-12(17-9-10)5-6-20-13/h5-7,9,11H,8H2,1-4H3. The molecule has 3 nitrogen and oxygen atoms in total. The third-order valence-corrected chi connectivity index (χ3v) is 4.83. The van der Waals surface area contributed by atoms with E-state index >= 15 is 0 Å². The molecule has 106 valence electrons. The molecule has 1 fully saturated rings. The van der Waals surface area contributed by atoms with Crippen molar-refractivity contribution >= 4 is 27.3 Å². The molecule has 1 aliphatic heterocycles. The minimum atomic E-state index is -0.426. The summed E-state index contributed by atoms with van der Waals surface area (Å²) in [5, 5.41) is 2.00. The Morgan fingerprint density at radius 2 is 2.15 bits per heavy atom. The molecular formula is C16H19NO2S. The Bertz CT molecular complexity index is 672. The first-order chi connectivity index (χ1) is 9.28. The second-order valence-corrected chi connectivity index (χ2v) is 7.56. The van der Waals surface area contributed by atoms with Crippen molar-refractivity contribution in [2.24, 2.45) is 5.92 Å². The number of hydrogen-bond acceptors (Lipinski definition) is 4. The lowest BCUT2D eigenvalue weighted by molar-refractivity contribution is -0.0712. The predicted octanol–water partition coefficient (Wildman–Crippen LogP) is 4.07. The van der Waals surface area contributed by atoms with E-state index in [9.17, 15) is 4.79 Å². The predicted molar refractivity (Wildman–Crippen MR) is 81.3 cm³/mol. The van der Waals surface area contributed by atoms with Crippen molar-refractivity contribution < 1.29 is 9.53 Å². The molecule has 0 radical (unpaired) electrons. The van der Waals surface area contributed by atoms with Gasteiger partial charge in [-0.3, -0.25) is 9.78 Å². The number of nitrogens with zero attached hydrogens (tertiary/aromatic N) is 1. The van der Waals surface area contributed by atoms with E-state index in [0.29, 0.717) is 5.56 Å². The number of Topliss-reactive ketones (excluding diaryl/α,β-unsaturated/α-hetero) is 1. The van der Waals surface area contributed by atoms with Crippen molar-refractivity contribution in [2.75, 3.05) is 0 Å². The summed E-state index contributed by atoms with van der Waals surface area (Å²) in [5.41, 5.74) is 0.975. The molecule has 0 spiro atoms. The van der Waals surface area contributed by atoms with Crippen LogP contribution in [0.1, 0.15) is 44.5 Å². The van der Waals surface area contributed by atoms with Crippen LogP contribution in [0.3, 0.4) is 0 Å². The second-order valence-electron chi connectivity index (χ2n) is 6.61. The minimum Gasteiger partial charge on any atom is -0.369 e. The van der Waals surface area contributed by atoms with Crippen LogP contribution in [0, 0.1) is 5.92 Å². The van der Waals surface area contributed by atoms with Crippen molar-refractivity contribution in [3.63, 3.8) is 0 Å². The lowest BCUT2D eigenvalue weighted by Crippen LogP contribution is -2.33. The highest BCUT2D eigenvalue weighted by molar-refractivity contribution is 7.17. The van der Waals surface area contributed by atoms with Gasteiger partial charge in [0.2, 0.25) is 0 Å². The Morgan fingerprint density at radius 3 is 2.80 bits per heavy atom. The van der Waals surface area contributed by atoms with E-state index in [2.05, 4.69) is 4.98 Å². The number of pyridine rings is 1. The van der Waals surface area contributed by atoms with Gasteiger partial charge in [-0.15, -0.1) is 11.3 Å². The largest absolute Gasteiger partial charge is 0.369 e. The van der Waals surface area contributed by atoms with Crippen molar-refractivity contribution in [3.05, 3.63) is 29.3 Å². The summed E-state index contributed by atoms with van der Waals surface area (Å²) >= 11 is 1.62. The van der Waals surface area contributed by atoms with Crippen molar-refractivity contribution in [2.45, 2.75) is 45.3 Å². The summed E-state index contributed by atoms with van der Waals surface area (Å²) in [6, 6.07) is 3.93. The molecule has 2 aromatic rings. The molecule has 4 heteroatoms. The van der Waals surface area contributed by atoms with Gasteiger partial charge in [-0.2, -0.15) is 0 Å². The van der Waals surface area contributed by atoms with Crippen molar-refractivity contribution in [3.8, 4) is 0 Å². The Morgan fingerprint density at radius 1 is 1.40 bits per heavy atom. The summed E-state index contributed by atoms with van der Waals surface area (Å²) in [6.45, 7) is 8.09. The van der Waals surface area contributed by atoms with Crippen LogP contribution in [0.15, 0.2) is 23.7 Å². The molecular weight excluding hydrogens is 270 g/mol. The van der Waals surface area contributed by atoms with Gasteiger partial charge >= 0.3 is 0 Å². The maximum absolute atomic E-state index is 12.8. The number of carbonyl (C=O) groups excluding carboxylic acids is 1.